The molecule has 3 nitrogen and oxygen atoms in total. The molecular formula is C17H10Cl2N2OS2. The molecule has 0 spiro atoms. The highest BCUT2D eigenvalue weighted by Crippen LogP contribution is 2.28. The first-order valence-electron chi connectivity index (χ1n) is 7.10. The van der Waals surface area contributed by atoms with Gasteiger partial charge in [0.1, 0.15) is 0 Å². The van der Waals surface area contributed by atoms with Crippen LogP contribution in [-0.4, -0.2) is 4.98 Å². The normalized spacial score (nSPS) is 11.2. The summed E-state index contributed by atoms with van der Waals surface area (Å²) in [7, 11) is 0. The van der Waals surface area contributed by atoms with Gasteiger partial charge in [0.2, 0.25) is 0 Å². The van der Waals surface area contributed by atoms with Crippen LogP contribution in [0.25, 0.3) is 20.2 Å². The Labute approximate surface area is 155 Å². The molecule has 0 bridgehead atoms. The third-order valence-corrected chi connectivity index (χ3v) is 6.12. The van der Waals surface area contributed by atoms with E-state index in [1.165, 1.54) is 11.3 Å². The first kappa shape index (κ1) is 15.8. The summed E-state index contributed by atoms with van der Waals surface area (Å²) in [4.78, 5) is 17.8. The van der Waals surface area contributed by atoms with Crippen molar-refractivity contribution in [2.24, 2.45) is 0 Å². The summed E-state index contributed by atoms with van der Waals surface area (Å²) in [5, 5.41) is 5.23. The summed E-state index contributed by atoms with van der Waals surface area (Å²) < 4.78 is 2.43. The van der Waals surface area contributed by atoms with E-state index in [4.69, 9.17) is 23.2 Å². The van der Waals surface area contributed by atoms with Gasteiger partial charge < -0.3 is 5.32 Å². The van der Waals surface area contributed by atoms with Crippen LogP contribution in [-0.2, 0) is 6.54 Å². The Kier molecular flexibility index (Phi) is 4.18. The molecule has 0 radical (unpaired) electrons. The molecule has 2 aromatic carbocycles. The topological polar surface area (TPSA) is 42.0 Å². The Hall–Kier alpha value is -1.66. The molecule has 120 valence electrons. The van der Waals surface area contributed by atoms with Crippen LogP contribution in [0.5, 0.6) is 0 Å². The van der Waals surface area contributed by atoms with E-state index in [9.17, 15) is 4.79 Å². The van der Waals surface area contributed by atoms with E-state index >= 15 is 0 Å². The van der Waals surface area contributed by atoms with Crippen molar-refractivity contribution < 1.29 is 0 Å². The first-order valence-corrected chi connectivity index (χ1v) is 9.49. The van der Waals surface area contributed by atoms with Gasteiger partial charge in [-0.1, -0.05) is 23.2 Å². The Balaban J connectivity index is 1.75. The van der Waals surface area contributed by atoms with E-state index in [2.05, 4.69) is 10.3 Å². The molecule has 2 heterocycles. The van der Waals surface area contributed by atoms with Gasteiger partial charge in [-0.05, 0) is 36.4 Å². The van der Waals surface area contributed by atoms with Crippen LogP contribution in [0, 0.1) is 0 Å². The highest BCUT2D eigenvalue weighted by Gasteiger charge is 2.08. The number of anilines is 1. The number of hydrogen-bond donors (Lipinski definition) is 1. The van der Waals surface area contributed by atoms with E-state index < -0.39 is 0 Å². The number of nitrogens with zero attached hydrogens (tertiary/aromatic N) is 1. The lowest BCUT2D eigenvalue weighted by molar-refractivity contribution is 1.18. The number of benzene rings is 2. The summed E-state index contributed by atoms with van der Waals surface area (Å²) in [6.45, 7) is 0.618. The molecule has 0 saturated carbocycles. The predicted molar refractivity (Wildman–Crippen MR) is 105 cm³/mol. The molecule has 0 amide bonds. The highest BCUT2D eigenvalue weighted by atomic mass is 35.5. The molecule has 0 fully saturated rings. The molecule has 0 aliphatic heterocycles. The second-order valence-corrected chi connectivity index (χ2v) is 8.43. The van der Waals surface area contributed by atoms with Crippen LogP contribution < -0.4 is 10.7 Å². The van der Waals surface area contributed by atoms with Gasteiger partial charge in [0, 0.05) is 42.0 Å². The summed E-state index contributed by atoms with van der Waals surface area (Å²) in [6.07, 6.45) is 1.75. The molecule has 4 rings (SSSR count). The molecule has 4 aromatic rings. The number of nitrogens with one attached hydrogen (secondary N) is 1. The minimum Gasteiger partial charge on any atom is -0.380 e. The second kappa shape index (κ2) is 6.33. The van der Waals surface area contributed by atoms with Crippen molar-refractivity contribution in [1.82, 2.24) is 4.98 Å². The first-order chi connectivity index (χ1) is 11.6. The molecule has 24 heavy (non-hydrogen) atoms. The fraction of sp³-hybridized carbons (Fsp3) is 0.0588. The maximum atomic E-state index is 12.8. The summed E-state index contributed by atoms with van der Waals surface area (Å²) in [5.41, 5.74) is 0.892. The minimum absolute atomic E-state index is 0.00531. The molecule has 0 saturated heterocycles. The zero-order valence-corrected chi connectivity index (χ0v) is 15.3. The number of fused-ring (bicyclic) bond motifs is 2. The fourth-order valence-electron chi connectivity index (χ4n) is 2.49. The Morgan fingerprint density at radius 3 is 2.50 bits per heavy atom. The third-order valence-electron chi connectivity index (χ3n) is 3.62. The van der Waals surface area contributed by atoms with E-state index in [0.717, 1.165) is 20.0 Å². The van der Waals surface area contributed by atoms with Gasteiger partial charge in [-0.25, -0.2) is 4.98 Å². The highest BCUT2D eigenvalue weighted by molar-refractivity contribution is 7.24. The standard InChI is InChI=1S/C17H10Cl2N2OS2/c18-9-1-3-14-12(5-9)16(22)13-6-10(2-4-15(13)24-14)20-7-11-8-21-17(19)23-11/h1-6,8,20H,7H2. The quantitative estimate of drug-likeness (QED) is 0.448. The van der Waals surface area contributed by atoms with Gasteiger partial charge in [0.05, 0.1) is 6.54 Å². The van der Waals surface area contributed by atoms with Gasteiger partial charge in [-0.15, -0.1) is 22.7 Å². The van der Waals surface area contributed by atoms with E-state index in [1.54, 1.807) is 23.6 Å². The average Bonchev–Trinajstić information content (AvgIpc) is 3.00. The SMILES string of the molecule is O=c1c2cc(Cl)ccc2sc2ccc(NCc3cnc(Cl)s3)cc12. The number of rotatable bonds is 3. The van der Waals surface area contributed by atoms with Crippen molar-refractivity contribution in [3.8, 4) is 0 Å². The average molecular weight is 393 g/mol. The van der Waals surface area contributed by atoms with Crippen molar-refractivity contribution in [3.63, 3.8) is 0 Å². The van der Waals surface area contributed by atoms with Crippen LogP contribution in [0.15, 0.2) is 47.4 Å². The zero-order valence-electron chi connectivity index (χ0n) is 12.2. The van der Waals surface area contributed by atoms with Crippen LogP contribution in [0.2, 0.25) is 9.49 Å². The molecule has 7 heteroatoms. The predicted octanol–water partition coefficient (Wildman–Crippen LogP) is 5.79. The van der Waals surface area contributed by atoms with Crippen molar-refractivity contribution in [2.45, 2.75) is 6.54 Å². The van der Waals surface area contributed by atoms with E-state index in [0.29, 0.717) is 26.8 Å². The lowest BCUT2D eigenvalue weighted by Gasteiger charge is -2.07. The van der Waals surface area contributed by atoms with Crippen LogP contribution in [0.1, 0.15) is 4.88 Å². The molecule has 0 aliphatic carbocycles. The number of halogens is 2. The number of thiazole rings is 1. The Bertz CT molecular complexity index is 1120. The largest absolute Gasteiger partial charge is 0.380 e. The monoisotopic (exact) mass is 392 g/mol. The maximum absolute atomic E-state index is 12.8. The molecule has 2 aromatic heterocycles. The fourth-order valence-corrected chi connectivity index (χ4v) is 4.62. The Morgan fingerprint density at radius 1 is 1.00 bits per heavy atom. The van der Waals surface area contributed by atoms with E-state index in [-0.39, 0.29) is 5.43 Å². The van der Waals surface area contributed by atoms with Crippen LogP contribution >= 0.6 is 45.9 Å². The van der Waals surface area contributed by atoms with Crippen molar-refractivity contribution in [2.75, 3.05) is 5.32 Å². The summed E-state index contributed by atoms with van der Waals surface area (Å²) in [5.74, 6) is 0. The lowest BCUT2D eigenvalue weighted by Crippen LogP contribution is -2.03. The Morgan fingerprint density at radius 2 is 1.75 bits per heavy atom. The van der Waals surface area contributed by atoms with Gasteiger partial charge in [0.15, 0.2) is 9.90 Å². The van der Waals surface area contributed by atoms with Crippen molar-refractivity contribution >= 4 is 71.7 Å². The smallest absolute Gasteiger partial charge is 0.195 e. The molecule has 1 N–H and O–H groups in total. The minimum atomic E-state index is 0.00531. The second-order valence-electron chi connectivity index (χ2n) is 5.22. The van der Waals surface area contributed by atoms with Crippen LogP contribution in [0.4, 0.5) is 5.69 Å². The van der Waals surface area contributed by atoms with Crippen molar-refractivity contribution in [3.05, 3.63) is 67.2 Å². The molecule has 0 atom stereocenters. The van der Waals surface area contributed by atoms with Gasteiger partial charge in [0.25, 0.3) is 0 Å². The van der Waals surface area contributed by atoms with Gasteiger partial charge in [-0.2, -0.15) is 0 Å². The molecule has 0 unspecified atom stereocenters. The van der Waals surface area contributed by atoms with E-state index in [1.807, 2.05) is 30.3 Å². The molecular weight excluding hydrogens is 383 g/mol. The summed E-state index contributed by atoms with van der Waals surface area (Å²) in [6, 6.07) is 11.3. The number of aromatic nitrogens is 1. The summed E-state index contributed by atoms with van der Waals surface area (Å²) >= 11 is 14.9. The number of hydrogen-bond acceptors (Lipinski definition) is 5. The third kappa shape index (κ3) is 3.00. The molecule has 0 aliphatic rings. The zero-order chi connectivity index (χ0) is 16.7. The maximum Gasteiger partial charge on any atom is 0.195 e. The van der Waals surface area contributed by atoms with Crippen LogP contribution in [0.3, 0.4) is 0 Å². The van der Waals surface area contributed by atoms with Gasteiger partial charge in [-0.3, -0.25) is 4.79 Å². The van der Waals surface area contributed by atoms with Crippen molar-refractivity contribution in [1.29, 1.82) is 0 Å². The lowest BCUT2D eigenvalue weighted by atomic mass is 10.1. The van der Waals surface area contributed by atoms with Gasteiger partial charge >= 0.3 is 0 Å².